The lowest BCUT2D eigenvalue weighted by atomic mass is 10.1. The molecule has 0 saturated heterocycles. The molecule has 0 fully saturated rings. The summed E-state index contributed by atoms with van der Waals surface area (Å²) in [5.41, 5.74) is 4.44. The van der Waals surface area contributed by atoms with Gasteiger partial charge in [-0.15, -0.1) is 0 Å². The molecule has 0 spiro atoms. The quantitative estimate of drug-likeness (QED) is 0.907. The van der Waals surface area contributed by atoms with Gasteiger partial charge in [-0.1, -0.05) is 17.7 Å². The first-order valence-corrected chi connectivity index (χ1v) is 5.96. The third-order valence-electron chi connectivity index (χ3n) is 2.80. The maximum atomic E-state index is 6.01. The normalized spacial score (nSPS) is 10.8. The molecule has 0 saturated carbocycles. The van der Waals surface area contributed by atoms with Crippen LogP contribution in [0.1, 0.15) is 16.8 Å². The number of hydrogen-bond donors (Lipinski definition) is 1. The minimum atomic E-state index is 0.696. The van der Waals surface area contributed by atoms with Crippen LogP contribution in [-0.4, -0.2) is 16.8 Å². The van der Waals surface area contributed by atoms with Gasteiger partial charge in [0.1, 0.15) is 0 Å². The van der Waals surface area contributed by atoms with E-state index in [1.165, 1.54) is 11.1 Å². The fraction of sp³-hybridized carbons (Fsp3) is 0.308. The zero-order valence-electron chi connectivity index (χ0n) is 10.3. The van der Waals surface area contributed by atoms with Crippen LogP contribution < -0.4 is 5.32 Å². The summed E-state index contributed by atoms with van der Waals surface area (Å²) in [5, 5.41) is 8.22. The Labute approximate surface area is 106 Å². The van der Waals surface area contributed by atoms with Crippen LogP contribution in [0.3, 0.4) is 0 Å². The maximum Gasteiger partial charge on any atom is 0.0819 e. The van der Waals surface area contributed by atoms with Gasteiger partial charge >= 0.3 is 0 Å². The molecule has 1 heterocycles. The molecule has 90 valence electrons. The van der Waals surface area contributed by atoms with E-state index in [1.54, 1.807) is 0 Å². The fourth-order valence-corrected chi connectivity index (χ4v) is 1.91. The van der Waals surface area contributed by atoms with Crippen LogP contribution in [0.2, 0.25) is 5.02 Å². The lowest BCUT2D eigenvalue weighted by Crippen LogP contribution is -2.07. The summed E-state index contributed by atoms with van der Waals surface area (Å²) < 4.78 is 1.81. The van der Waals surface area contributed by atoms with E-state index in [4.69, 9.17) is 11.6 Å². The zero-order chi connectivity index (χ0) is 12.4. The van der Waals surface area contributed by atoms with Gasteiger partial charge in [0, 0.05) is 12.7 Å². The Morgan fingerprint density at radius 3 is 2.65 bits per heavy atom. The second-order valence-electron chi connectivity index (χ2n) is 4.15. The predicted molar refractivity (Wildman–Crippen MR) is 70.8 cm³/mol. The van der Waals surface area contributed by atoms with Crippen molar-refractivity contribution < 1.29 is 0 Å². The monoisotopic (exact) mass is 249 g/mol. The fourth-order valence-electron chi connectivity index (χ4n) is 1.78. The van der Waals surface area contributed by atoms with Crippen molar-refractivity contribution in [2.45, 2.75) is 20.4 Å². The molecule has 0 aliphatic rings. The number of nitrogens with zero attached hydrogens (tertiary/aromatic N) is 2. The summed E-state index contributed by atoms with van der Waals surface area (Å²) in [5.74, 6) is 0. The highest BCUT2D eigenvalue weighted by Crippen LogP contribution is 2.18. The average Bonchev–Trinajstić information content (AvgIpc) is 2.62. The lowest BCUT2D eigenvalue weighted by molar-refractivity contribution is 0.808. The first-order valence-electron chi connectivity index (χ1n) is 5.58. The average molecular weight is 250 g/mol. The molecule has 4 heteroatoms. The van der Waals surface area contributed by atoms with E-state index in [1.807, 2.05) is 24.9 Å². The van der Waals surface area contributed by atoms with E-state index in [9.17, 15) is 0 Å². The van der Waals surface area contributed by atoms with Crippen molar-refractivity contribution in [2.75, 3.05) is 7.05 Å². The number of aromatic nitrogens is 2. The Kier molecular flexibility index (Phi) is 3.50. The van der Waals surface area contributed by atoms with Gasteiger partial charge in [-0.25, -0.2) is 4.68 Å². The Hall–Kier alpha value is -1.32. The molecule has 1 aromatic heterocycles. The van der Waals surface area contributed by atoms with Gasteiger partial charge in [-0.3, -0.25) is 0 Å². The molecular formula is C13H16ClN3. The molecule has 0 aliphatic carbocycles. The summed E-state index contributed by atoms with van der Waals surface area (Å²) in [7, 11) is 1.95. The summed E-state index contributed by atoms with van der Waals surface area (Å²) >= 11 is 6.01. The van der Waals surface area contributed by atoms with Crippen molar-refractivity contribution in [2.24, 2.45) is 0 Å². The van der Waals surface area contributed by atoms with Gasteiger partial charge in [-0.05, 0) is 44.2 Å². The van der Waals surface area contributed by atoms with Crippen molar-refractivity contribution in [1.29, 1.82) is 0 Å². The molecule has 0 radical (unpaired) electrons. The third kappa shape index (κ3) is 2.51. The largest absolute Gasteiger partial charge is 0.316 e. The van der Waals surface area contributed by atoms with Gasteiger partial charge < -0.3 is 5.32 Å². The molecule has 0 atom stereocenters. The van der Waals surface area contributed by atoms with Crippen LogP contribution >= 0.6 is 11.6 Å². The van der Waals surface area contributed by atoms with Crippen molar-refractivity contribution in [1.82, 2.24) is 15.1 Å². The van der Waals surface area contributed by atoms with Crippen LogP contribution in [0.15, 0.2) is 24.4 Å². The van der Waals surface area contributed by atoms with Crippen LogP contribution in [0.5, 0.6) is 0 Å². The molecule has 3 nitrogen and oxygen atoms in total. The van der Waals surface area contributed by atoms with Crippen LogP contribution in [0, 0.1) is 13.8 Å². The molecule has 0 bridgehead atoms. The Balaban J connectivity index is 2.37. The molecule has 2 rings (SSSR count). The predicted octanol–water partition coefficient (Wildman–Crippen LogP) is 2.86. The maximum absolute atomic E-state index is 6.01. The standard InChI is InChI=1S/C13H16ClN3/c1-9-6-12(5-4-11(9)7-15-3)17-8-13(14)10(2)16-17/h4-6,8,15H,7H2,1-3H3. The SMILES string of the molecule is CNCc1ccc(-n2cc(Cl)c(C)n2)cc1C. The van der Waals surface area contributed by atoms with E-state index in [0.29, 0.717) is 5.02 Å². The van der Waals surface area contributed by atoms with Gasteiger partial charge in [0.05, 0.1) is 16.4 Å². The van der Waals surface area contributed by atoms with Crippen molar-refractivity contribution in [3.63, 3.8) is 0 Å². The Bertz CT molecular complexity index is 512. The highest BCUT2D eigenvalue weighted by atomic mass is 35.5. The van der Waals surface area contributed by atoms with E-state index in [0.717, 1.165) is 17.9 Å². The van der Waals surface area contributed by atoms with Gasteiger partial charge in [0.15, 0.2) is 0 Å². The van der Waals surface area contributed by atoms with E-state index < -0.39 is 0 Å². The number of hydrogen-bond acceptors (Lipinski definition) is 2. The van der Waals surface area contributed by atoms with Crippen LogP contribution in [0.4, 0.5) is 0 Å². The van der Waals surface area contributed by atoms with E-state index >= 15 is 0 Å². The minimum Gasteiger partial charge on any atom is -0.316 e. The first kappa shape index (κ1) is 12.1. The Morgan fingerprint density at radius 1 is 1.35 bits per heavy atom. The molecule has 1 N–H and O–H groups in total. The summed E-state index contributed by atoms with van der Waals surface area (Å²) in [6, 6.07) is 6.30. The topological polar surface area (TPSA) is 29.9 Å². The number of aryl methyl sites for hydroxylation is 2. The smallest absolute Gasteiger partial charge is 0.0819 e. The highest BCUT2D eigenvalue weighted by molar-refractivity contribution is 6.31. The van der Waals surface area contributed by atoms with Gasteiger partial charge in [0.25, 0.3) is 0 Å². The summed E-state index contributed by atoms with van der Waals surface area (Å²) in [6.07, 6.45) is 1.84. The molecule has 0 aliphatic heterocycles. The number of halogens is 1. The Morgan fingerprint density at radius 2 is 2.12 bits per heavy atom. The zero-order valence-corrected chi connectivity index (χ0v) is 11.0. The van der Waals surface area contributed by atoms with Crippen LogP contribution in [0.25, 0.3) is 5.69 Å². The van der Waals surface area contributed by atoms with Crippen molar-refractivity contribution in [3.05, 3.63) is 46.2 Å². The second-order valence-corrected chi connectivity index (χ2v) is 4.56. The number of rotatable bonds is 3. The van der Waals surface area contributed by atoms with E-state index in [-0.39, 0.29) is 0 Å². The van der Waals surface area contributed by atoms with Gasteiger partial charge in [0.2, 0.25) is 0 Å². The molecule has 1 aromatic carbocycles. The molecule has 0 unspecified atom stereocenters. The van der Waals surface area contributed by atoms with E-state index in [2.05, 4.69) is 35.5 Å². The summed E-state index contributed by atoms with van der Waals surface area (Å²) in [6.45, 7) is 4.89. The molecule has 0 amide bonds. The molecule has 2 aromatic rings. The van der Waals surface area contributed by atoms with Crippen molar-refractivity contribution in [3.8, 4) is 5.69 Å². The number of nitrogens with one attached hydrogen (secondary N) is 1. The first-order chi connectivity index (χ1) is 8.11. The second kappa shape index (κ2) is 4.90. The molecular weight excluding hydrogens is 234 g/mol. The lowest BCUT2D eigenvalue weighted by Gasteiger charge is -2.08. The minimum absolute atomic E-state index is 0.696. The van der Waals surface area contributed by atoms with Crippen molar-refractivity contribution >= 4 is 11.6 Å². The molecule has 17 heavy (non-hydrogen) atoms. The number of benzene rings is 1. The van der Waals surface area contributed by atoms with Gasteiger partial charge in [-0.2, -0.15) is 5.10 Å². The summed E-state index contributed by atoms with van der Waals surface area (Å²) in [4.78, 5) is 0. The van der Waals surface area contributed by atoms with Crippen LogP contribution in [-0.2, 0) is 6.54 Å². The highest BCUT2D eigenvalue weighted by Gasteiger charge is 2.05. The third-order valence-corrected chi connectivity index (χ3v) is 3.17.